The van der Waals surface area contributed by atoms with Gasteiger partial charge in [-0.05, 0) is 25.8 Å². The predicted octanol–water partition coefficient (Wildman–Crippen LogP) is 1.31. The number of alkyl halides is 1. The number of nitrogens with zero attached hydrogens (tertiary/aromatic N) is 2. The van der Waals surface area contributed by atoms with Gasteiger partial charge >= 0.3 is 0 Å². The summed E-state index contributed by atoms with van der Waals surface area (Å²) in [4.78, 5) is 16.3. The summed E-state index contributed by atoms with van der Waals surface area (Å²) in [6.45, 7) is 4.23. The predicted molar refractivity (Wildman–Crippen MR) is 61.1 cm³/mol. The Morgan fingerprint density at radius 1 is 1.27 bits per heavy atom. The maximum atomic E-state index is 11.8. The van der Waals surface area contributed by atoms with Crippen LogP contribution in [0.15, 0.2) is 0 Å². The number of amides is 1. The van der Waals surface area contributed by atoms with Crippen LogP contribution >= 0.6 is 11.6 Å². The van der Waals surface area contributed by atoms with E-state index in [1.807, 2.05) is 4.90 Å². The van der Waals surface area contributed by atoms with Gasteiger partial charge in [-0.1, -0.05) is 0 Å². The van der Waals surface area contributed by atoms with Gasteiger partial charge in [-0.15, -0.1) is 11.6 Å². The fourth-order valence-corrected chi connectivity index (χ4v) is 2.83. The summed E-state index contributed by atoms with van der Waals surface area (Å²) in [5.74, 6) is 0.683. The minimum atomic E-state index is 0.235. The van der Waals surface area contributed by atoms with Crippen LogP contribution < -0.4 is 0 Å². The van der Waals surface area contributed by atoms with E-state index >= 15 is 0 Å². The Hall–Kier alpha value is -0.280. The molecule has 2 rings (SSSR count). The second-order valence-electron chi connectivity index (χ2n) is 4.46. The molecule has 86 valence electrons. The van der Waals surface area contributed by atoms with Crippen LogP contribution in [0.5, 0.6) is 0 Å². The molecular weight excluding hydrogens is 212 g/mol. The molecule has 1 atom stereocenters. The monoisotopic (exact) mass is 230 g/mol. The van der Waals surface area contributed by atoms with Gasteiger partial charge in [0.15, 0.2) is 0 Å². The van der Waals surface area contributed by atoms with E-state index in [9.17, 15) is 4.79 Å². The highest BCUT2D eigenvalue weighted by Crippen LogP contribution is 2.21. The van der Waals surface area contributed by atoms with Crippen molar-refractivity contribution in [1.29, 1.82) is 0 Å². The van der Waals surface area contributed by atoms with Crippen molar-refractivity contribution in [1.82, 2.24) is 9.80 Å². The Balaban J connectivity index is 1.93. The number of halogens is 1. The number of hydrogen-bond acceptors (Lipinski definition) is 2. The van der Waals surface area contributed by atoms with Crippen LogP contribution in [0, 0.1) is 0 Å². The minimum absolute atomic E-state index is 0.235. The van der Waals surface area contributed by atoms with Crippen LogP contribution in [-0.4, -0.2) is 53.8 Å². The summed E-state index contributed by atoms with van der Waals surface area (Å²) in [5, 5.41) is 0. The Bertz CT molecular complexity index is 235. The first-order valence-electron chi connectivity index (χ1n) is 5.89. The fourth-order valence-electron chi connectivity index (χ4n) is 2.67. The van der Waals surface area contributed by atoms with Gasteiger partial charge in [-0.3, -0.25) is 9.69 Å². The third kappa shape index (κ3) is 2.64. The number of fused-ring (bicyclic) bond motifs is 1. The molecule has 2 aliphatic heterocycles. The summed E-state index contributed by atoms with van der Waals surface area (Å²) in [6, 6.07) is 0.617. The maximum absolute atomic E-state index is 11.8. The Labute approximate surface area is 96.4 Å². The highest BCUT2D eigenvalue weighted by molar-refractivity contribution is 6.18. The fraction of sp³-hybridized carbons (Fsp3) is 0.909. The van der Waals surface area contributed by atoms with Gasteiger partial charge in [-0.25, -0.2) is 0 Å². The molecule has 0 aromatic carbocycles. The quantitative estimate of drug-likeness (QED) is 0.668. The molecule has 1 unspecified atom stereocenters. The van der Waals surface area contributed by atoms with Crippen molar-refractivity contribution < 1.29 is 4.79 Å². The molecular formula is C11H19ClN2O. The summed E-state index contributed by atoms with van der Waals surface area (Å²) in [5.41, 5.74) is 0. The van der Waals surface area contributed by atoms with Gasteiger partial charge in [0.1, 0.15) is 0 Å². The molecule has 0 saturated carbocycles. The van der Waals surface area contributed by atoms with E-state index in [-0.39, 0.29) is 5.91 Å². The molecule has 2 aliphatic rings. The second-order valence-corrected chi connectivity index (χ2v) is 4.84. The van der Waals surface area contributed by atoms with Crippen LogP contribution in [0.2, 0.25) is 0 Å². The van der Waals surface area contributed by atoms with Crippen molar-refractivity contribution in [3.8, 4) is 0 Å². The molecule has 0 spiro atoms. The first kappa shape index (κ1) is 11.2. The molecule has 0 bridgehead atoms. The first-order valence-corrected chi connectivity index (χ1v) is 6.42. The molecule has 0 aromatic heterocycles. The van der Waals surface area contributed by atoms with Gasteiger partial charge in [0.25, 0.3) is 0 Å². The lowest BCUT2D eigenvalue weighted by Gasteiger charge is -2.25. The Morgan fingerprint density at radius 2 is 2.07 bits per heavy atom. The average Bonchev–Trinajstić information content (AvgIpc) is 2.56. The van der Waals surface area contributed by atoms with Crippen molar-refractivity contribution in [2.45, 2.75) is 31.7 Å². The molecule has 0 aliphatic carbocycles. The van der Waals surface area contributed by atoms with Crippen molar-refractivity contribution in [3.05, 3.63) is 0 Å². The van der Waals surface area contributed by atoms with Gasteiger partial charge < -0.3 is 4.90 Å². The van der Waals surface area contributed by atoms with E-state index in [0.717, 1.165) is 26.1 Å². The molecule has 0 N–H and O–H groups in total. The largest absolute Gasteiger partial charge is 0.341 e. The summed E-state index contributed by atoms with van der Waals surface area (Å²) in [6.07, 6.45) is 4.16. The molecule has 2 heterocycles. The van der Waals surface area contributed by atoms with E-state index in [1.54, 1.807) is 0 Å². The van der Waals surface area contributed by atoms with E-state index in [1.165, 1.54) is 19.4 Å². The van der Waals surface area contributed by atoms with Crippen molar-refractivity contribution in [3.63, 3.8) is 0 Å². The molecule has 15 heavy (non-hydrogen) atoms. The third-order valence-electron chi connectivity index (χ3n) is 3.46. The van der Waals surface area contributed by atoms with Gasteiger partial charge in [0.05, 0.1) is 0 Å². The molecule has 3 nitrogen and oxygen atoms in total. The van der Waals surface area contributed by atoms with Crippen LogP contribution in [0.3, 0.4) is 0 Å². The zero-order valence-corrected chi connectivity index (χ0v) is 9.88. The SMILES string of the molecule is O=C(CCCl)N1CCCN2CCCC2C1. The van der Waals surface area contributed by atoms with E-state index in [4.69, 9.17) is 11.6 Å². The summed E-state index contributed by atoms with van der Waals surface area (Å²) < 4.78 is 0. The molecule has 0 aromatic rings. The van der Waals surface area contributed by atoms with Crippen molar-refractivity contribution >= 4 is 17.5 Å². The Morgan fingerprint density at radius 3 is 2.87 bits per heavy atom. The van der Waals surface area contributed by atoms with E-state index < -0.39 is 0 Å². The average molecular weight is 231 g/mol. The molecule has 2 saturated heterocycles. The third-order valence-corrected chi connectivity index (χ3v) is 3.65. The second kappa shape index (κ2) is 5.17. The van der Waals surface area contributed by atoms with Gasteiger partial charge in [0.2, 0.25) is 5.91 Å². The molecule has 0 radical (unpaired) electrons. The van der Waals surface area contributed by atoms with Crippen LogP contribution in [0.1, 0.15) is 25.7 Å². The normalized spacial score (nSPS) is 27.5. The smallest absolute Gasteiger partial charge is 0.223 e. The van der Waals surface area contributed by atoms with Crippen LogP contribution in [-0.2, 0) is 4.79 Å². The van der Waals surface area contributed by atoms with E-state index in [0.29, 0.717) is 18.3 Å². The standard InChI is InChI=1S/C11H19ClN2O/c12-5-4-11(15)14-8-2-7-13-6-1-3-10(13)9-14/h10H,1-9H2. The van der Waals surface area contributed by atoms with Gasteiger partial charge in [0, 0.05) is 38.0 Å². The highest BCUT2D eigenvalue weighted by atomic mass is 35.5. The Kier molecular flexibility index (Phi) is 3.87. The number of hydrogen-bond donors (Lipinski definition) is 0. The maximum Gasteiger partial charge on any atom is 0.223 e. The zero-order chi connectivity index (χ0) is 10.7. The van der Waals surface area contributed by atoms with Crippen LogP contribution in [0.25, 0.3) is 0 Å². The lowest BCUT2D eigenvalue weighted by atomic mass is 10.2. The van der Waals surface area contributed by atoms with Crippen molar-refractivity contribution in [2.75, 3.05) is 32.1 Å². The van der Waals surface area contributed by atoms with Crippen LogP contribution in [0.4, 0.5) is 0 Å². The lowest BCUT2D eigenvalue weighted by molar-refractivity contribution is -0.131. The summed E-state index contributed by atoms with van der Waals surface area (Å²) >= 11 is 5.61. The molecule has 1 amide bonds. The topological polar surface area (TPSA) is 23.6 Å². The highest BCUT2D eigenvalue weighted by Gasteiger charge is 2.29. The van der Waals surface area contributed by atoms with E-state index in [2.05, 4.69) is 4.90 Å². The number of rotatable bonds is 2. The van der Waals surface area contributed by atoms with Gasteiger partial charge in [-0.2, -0.15) is 0 Å². The summed E-state index contributed by atoms with van der Waals surface area (Å²) in [7, 11) is 0. The number of carbonyl (C=O) groups is 1. The number of carbonyl (C=O) groups excluding carboxylic acids is 1. The zero-order valence-electron chi connectivity index (χ0n) is 9.12. The van der Waals surface area contributed by atoms with Crippen molar-refractivity contribution in [2.24, 2.45) is 0 Å². The minimum Gasteiger partial charge on any atom is -0.341 e. The molecule has 4 heteroatoms. The first-order chi connectivity index (χ1) is 7.31. The molecule has 2 fully saturated rings. The lowest BCUT2D eigenvalue weighted by Crippen LogP contribution is -2.39.